The smallest absolute Gasteiger partial charge is 0.474 e. The number of hydrogen-bond donors (Lipinski definition) is 6. The summed E-state index contributed by atoms with van der Waals surface area (Å²) < 4.78 is 31.7. The summed E-state index contributed by atoms with van der Waals surface area (Å²) in [7, 11) is -5.08. The molecule has 0 aromatic rings. The number of nitrogens with two attached hydrogens (primary N) is 1. The van der Waals surface area contributed by atoms with Gasteiger partial charge in [0, 0.05) is 0 Å². The van der Waals surface area contributed by atoms with E-state index in [0.29, 0.717) is 0 Å². The molecule has 0 aromatic heterocycles. The highest BCUT2D eigenvalue weighted by atomic mass is 31.2. The van der Waals surface area contributed by atoms with Gasteiger partial charge in [-0.05, 0) is 53.4 Å². The molecule has 1 aliphatic heterocycles. The lowest BCUT2D eigenvalue weighted by molar-refractivity contribution is -0.270. The number of aliphatic hydroxyl groups is 3. The fourth-order valence-electron chi connectivity index (χ4n) is 3.33. The molecule has 7 atom stereocenters. The van der Waals surface area contributed by atoms with E-state index in [1.807, 2.05) is 6.92 Å². The number of carboxylic acids is 1. The quantitative estimate of drug-likeness (QED) is 0.115. The lowest BCUT2D eigenvalue weighted by Gasteiger charge is -2.38. The summed E-state index contributed by atoms with van der Waals surface area (Å²) in [5, 5.41) is 38.8. The zero-order valence-corrected chi connectivity index (χ0v) is 23.0. The molecular weight excluding hydrogens is 525 g/mol. The van der Waals surface area contributed by atoms with E-state index in [4.69, 9.17) is 15.2 Å². The van der Waals surface area contributed by atoms with E-state index in [0.717, 1.165) is 31.3 Å². The van der Waals surface area contributed by atoms with Crippen LogP contribution in [-0.4, -0.2) is 87.2 Å². The first kappa shape index (κ1) is 34.1. The zero-order chi connectivity index (χ0) is 29.0. The Bertz CT molecular complexity index is 929. The van der Waals surface area contributed by atoms with Gasteiger partial charge in [-0.3, -0.25) is 13.8 Å². The lowest BCUT2D eigenvalue weighted by atomic mass is 9.99. The lowest BCUT2D eigenvalue weighted by Crippen LogP contribution is -2.61. The Kier molecular flexibility index (Phi) is 14.6. The van der Waals surface area contributed by atoms with Crippen LogP contribution in [0.15, 0.2) is 34.9 Å². The predicted molar refractivity (Wildman–Crippen MR) is 136 cm³/mol. The Hall–Kier alpha value is -1.93. The van der Waals surface area contributed by atoms with Gasteiger partial charge in [-0.2, -0.15) is 0 Å². The van der Waals surface area contributed by atoms with Crippen molar-refractivity contribution in [3.05, 3.63) is 34.9 Å². The molecule has 38 heavy (non-hydrogen) atoms. The van der Waals surface area contributed by atoms with Crippen LogP contribution in [0.25, 0.3) is 0 Å². The highest BCUT2D eigenvalue weighted by Crippen LogP contribution is 2.46. The van der Waals surface area contributed by atoms with E-state index in [1.54, 1.807) is 6.08 Å². The number of carbonyl (C=O) groups excluding carboxylic acids is 1. The molecule has 1 heterocycles. The van der Waals surface area contributed by atoms with Gasteiger partial charge < -0.3 is 40.5 Å². The van der Waals surface area contributed by atoms with Gasteiger partial charge in [0.15, 0.2) is 18.5 Å². The molecule has 7 N–H and O–H groups in total. The fraction of sp³-hybridized carbons (Fsp3) is 0.667. The Morgan fingerprint density at radius 2 is 1.55 bits per heavy atom. The minimum absolute atomic E-state index is 0.0964. The van der Waals surface area contributed by atoms with Gasteiger partial charge in [-0.25, -0.2) is 9.36 Å². The van der Waals surface area contributed by atoms with E-state index >= 15 is 0 Å². The largest absolute Gasteiger partial charge is 0.479 e. The van der Waals surface area contributed by atoms with Crippen LogP contribution >= 0.6 is 7.82 Å². The first-order valence-electron chi connectivity index (χ1n) is 12.1. The van der Waals surface area contributed by atoms with Crippen molar-refractivity contribution in [2.45, 2.75) is 90.2 Å². The van der Waals surface area contributed by atoms with Crippen molar-refractivity contribution in [2.24, 2.45) is 5.73 Å². The van der Waals surface area contributed by atoms with Gasteiger partial charge in [0.2, 0.25) is 5.91 Å². The Balaban J connectivity index is 2.57. The molecule has 1 rings (SSSR count). The number of carbonyl (C=O) groups is 2. The molecule has 0 aromatic carbocycles. The molecule has 0 radical (unpaired) electrons. The molecule has 1 saturated heterocycles. The number of allylic oxidation sites excluding steroid dienone is 5. The van der Waals surface area contributed by atoms with Crippen molar-refractivity contribution in [2.75, 3.05) is 13.2 Å². The van der Waals surface area contributed by atoms with Gasteiger partial charge in [0.1, 0.15) is 18.3 Å². The predicted octanol–water partition coefficient (Wildman–Crippen LogP) is 1.30. The molecule has 14 heteroatoms. The molecule has 13 nitrogen and oxygen atoms in total. The number of ether oxygens (including phenoxy) is 2. The van der Waals surface area contributed by atoms with Crippen LogP contribution in [0.3, 0.4) is 0 Å². The molecule has 0 saturated carbocycles. The SMILES string of the molecule is CC(C)=CCCC(C)=CCCC(C)=CCO[C@H](COP(=O)(O)OC1OC(C(N)=O)C(O)[C@H](O)[C@@H]1O)C(=O)O. The second-order valence-electron chi connectivity index (χ2n) is 9.29. The number of phosphoric acid groups is 1. The third-order valence-corrected chi connectivity index (χ3v) is 6.55. The number of hydrogen-bond acceptors (Lipinski definition) is 10. The molecule has 1 amide bonds. The van der Waals surface area contributed by atoms with E-state index < -0.39 is 63.1 Å². The standard InChI is InChI=1S/C24H40NO12P/c1-14(2)7-5-8-15(3)9-6-10-16(4)11-12-34-17(23(30)31)13-35-38(32,33)37-24-20(28)18(26)19(27)21(36-24)22(25)29/h7,9,11,17-21,24,26-28H,5-6,8,10,12-13H2,1-4H3,(H2,25,29)(H,30,31)(H,32,33)/t17-,18+,19?,20+,21?,24?/m1/s1. The van der Waals surface area contributed by atoms with Crippen molar-refractivity contribution < 1.29 is 58.0 Å². The minimum atomic E-state index is -5.08. The van der Waals surface area contributed by atoms with E-state index in [9.17, 15) is 39.5 Å². The van der Waals surface area contributed by atoms with Crippen LogP contribution in [0.5, 0.6) is 0 Å². The zero-order valence-electron chi connectivity index (χ0n) is 22.1. The number of rotatable bonds is 16. The van der Waals surface area contributed by atoms with E-state index in [2.05, 4.69) is 42.0 Å². The first-order valence-corrected chi connectivity index (χ1v) is 13.6. The Labute approximate surface area is 222 Å². The average Bonchev–Trinajstić information content (AvgIpc) is 2.80. The maximum Gasteiger partial charge on any atom is 0.474 e. The summed E-state index contributed by atoms with van der Waals surface area (Å²) in [6.07, 6.45) is -1.93. The Morgan fingerprint density at radius 1 is 0.974 bits per heavy atom. The van der Waals surface area contributed by atoms with Crippen LogP contribution in [0.4, 0.5) is 0 Å². The van der Waals surface area contributed by atoms with E-state index in [-0.39, 0.29) is 6.61 Å². The van der Waals surface area contributed by atoms with Crippen molar-refractivity contribution in [1.82, 2.24) is 0 Å². The van der Waals surface area contributed by atoms with Gasteiger partial charge >= 0.3 is 13.8 Å². The molecule has 1 fully saturated rings. The molecule has 1 aliphatic rings. The number of primary amides is 1. The normalized spacial score (nSPS) is 26.9. The number of phosphoric ester groups is 1. The van der Waals surface area contributed by atoms with Crippen LogP contribution < -0.4 is 5.73 Å². The number of aliphatic carboxylic acids is 1. The maximum absolute atomic E-state index is 12.3. The van der Waals surface area contributed by atoms with Crippen LogP contribution in [0, 0.1) is 0 Å². The number of aliphatic hydroxyl groups excluding tert-OH is 3. The van der Waals surface area contributed by atoms with Crippen LogP contribution in [0.1, 0.15) is 53.4 Å². The first-order chi connectivity index (χ1) is 17.6. The van der Waals surface area contributed by atoms with Crippen LogP contribution in [-0.2, 0) is 32.7 Å². The average molecular weight is 566 g/mol. The molecule has 0 bridgehead atoms. The van der Waals surface area contributed by atoms with Crippen molar-refractivity contribution >= 4 is 19.7 Å². The number of carboxylic acid groups (broad SMARTS) is 1. The molecular formula is C24H40NO12P. The molecule has 0 spiro atoms. The fourth-order valence-corrected chi connectivity index (χ4v) is 4.15. The summed E-state index contributed by atoms with van der Waals surface area (Å²) in [4.78, 5) is 32.7. The van der Waals surface area contributed by atoms with Crippen LogP contribution in [0.2, 0.25) is 0 Å². The second kappa shape index (κ2) is 16.2. The molecule has 218 valence electrons. The minimum Gasteiger partial charge on any atom is -0.479 e. The highest BCUT2D eigenvalue weighted by Gasteiger charge is 2.49. The highest BCUT2D eigenvalue weighted by molar-refractivity contribution is 7.47. The topological polar surface area (TPSA) is 215 Å². The summed E-state index contributed by atoms with van der Waals surface area (Å²) in [5.74, 6) is -2.69. The summed E-state index contributed by atoms with van der Waals surface area (Å²) >= 11 is 0. The summed E-state index contributed by atoms with van der Waals surface area (Å²) in [5.41, 5.74) is 8.57. The van der Waals surface area contributed by atoms with Crippen molar-refractivity contribution in [3.8, 4) is 0 Å². The monoisotopic (exact) mass is 565 g/mol. The third-order valence-electron chi connectivity index (χ3n) is 5.60. The van der Waals surface area contributed by atoms with Crippen molar-refractivity contribution in [3.63, 3.8) is 0 Å². The van der Waals surface area contributed by atoms with Gasteiger partial charge in [0.25, 0.3) is 0 Å². The molecule has 4 unspecified atom stereocenters. The Morgan fingerprint density at radius 3 is 2.11 bits per heavy atom. The number of amides is 1. The summed E-state index contributed by atoms with van der Waals surface area (Å²) in [6.45, 7) is 7.07. The van der Waals surface area contributed by atoms with Gasteiger partial charge in [-0.15, -0.1) is 0 Å². The van der Waals surface area contributed by atoms with E-state index in [1.165, 1.54) is 11.1 Å². The second-order valence-corrected chi connectivity index (χ2v) is 10.7. The van der Waals surface area contributed by atoms with Crippen molar-refractivity contribution in [1.29, 1.82) is 0 Å². The molecule has 0 aliphatic carbocycles. The third kappa shape index (κ3) is 12.3. The summed E-state index contributed by atoms with van der Waals surface area (Å²) in [6, 6.07) is 0. The van der Waals surface area contributed by atoms with Gasteiger partial charge in [0.05, 0.1) is 13.2 Å². The van der Waals surface area contributed by atoms with Gasteiger partial charge in [-0.1, -0.05) is 34.9 Å². The maximum atomic E-state index is 12.3.